The van der Waals surface area contributed by atoms with Gasteiger partial charge in [-0.3, -0.25) is 0 Å². The summed E-state index contributed by atoms with van der Waals surface area (Å²) in [5, 5.41) is 1.97. The zero-order valence-electron chi connectivity index (χ0n) is 13.0. The fourth-order valence-corrected chi connectivity index (χ4v) is 4.75. The average Bonchev–Trinajstić information content (AvgIpc) is 3.26. The molecule has 1 N–H and O–H groups in total. The van der Waals surface area contributed by atoms with Gasteiger partial charge in [-0.25, -0.2) is 13.1 Å². The molecule has 0 unspecified atom stereocenters. The number of ether oxygens (including phenoxy) is 2. The van der Waals surface area contributed by atoms with Crippen LogP contribution < -0.4 is 14.2 Å². The van der Waals surface area contributed by atoms with Crippen LogP contribution in [0.25, 0.3) is 0 Å². The molecule has 0 radical (unpaired) electrons. The molecule has 1 aliphatic carbocycles. The summed E-state index contributed by atoms with van der Waals surface area (Å²) < 4.78 is 38.7. The Morgan fingerprint density at radius 3 is 2.48 bits per heavy atom. The highest BCUT2D eigenvalue weighted by molar-refractivity contribution is 7.89. The van der Waals surface area contributed by atoms with E-state index in [0.29, 0.717) is 17.4 Å². The maximum absolute atomic E-state index is 12.7. The third-order valence-electron chi connectivity index (χ3n) is 3.89. The van der Waals surface area contributed by atoms with Gasteiger partial charge in [0.15, 0.2) is 11.5 Å². The Morgan fingerprint density at radius 2 is 1.91 bits per heavy atom. The van der Waals surface area contributed by atoms with Crippen molar-refractivity contribution in [2.75, 3.05) is 14.2 Å². The molecule has 3 rings (SSSR count). The Hall–Kier alpha value is -1.57. The molecule has 1 saturated carbocycles. The fourth-order valence-electron chi connectivity index (χ4n) is 2.50. The maximum Gasteiger partial charge on any atom is 0.241 e. The summed E-state index contributed by atoms with van der Waals surface area (Å²) in [6.07, 6.45) is 2.11. The fraction of sp³-hybridized carbons (Fsp3) is 0.375. The molecular formula is C16H19NO4S2. The van der Waals surface area contributed by atoms with Crippen LogP contribution in [0.4, 0.5) is 0 Å². The topological polar surface area (TPSA) is 64.6 Å². The maximum atomic E-state index is 12.7. The first-order valence-corrected chi connectivity index (χ1v) is 9.69. The van der Waals surface area contributed by atoms with Crippen LogP contribution in [0, 0.1) is 5.92 Å². The van der Waals surface area contributed by atoms with E-state index in [0.717, 1.165) is 17.7 Å². The van der Waals surface area contributed by atoms with E-state index < -0.39 is 10.0 Å². The Morgan fingerprint density at radius 1 is 1.17 bits per heavy atom. The van der Waals surface area contributed by atoms with Crippen molar-refractivity contribution in [2.45, 2.75) is 23.8 Å². The first-order valence-electron chi connectivity index (χ1n) is 7.33. The second-order valence-corrected chi connectivity index (χ2v) is 8.16. The van der Waals surface area contributed by atoms with E-state index in [1.165, 1.54) is 26.4 Å². The largest absolute Gasteiger partial charge is 0.493 e. The van der Waals surface area contributed by atoms with E-state index in [1.54, 1.807) is 17.4 Å². The van der Waals surface area contributed by atoms with E-state index in [2.05, 4.69) is 4.72 Å². The highest BCUT2D eigenvalue weighted by atomic mass is 32.2. The summed E-state index contributed by atoms with van der Waals surface area (Å²) in [6.45, 7) is 0. The minimum Gasteiger partial charge on any atom is -0.493 e. The number of methoxy groups -OCH3 is 2. The predicted molar refractivity (Wildman–Crippen MR) is 89.7 cm³/mol. The lowest BCUT2D eigenvalue weighted by Crippen LogP contribution is -2.29. The number of sulfonamides is 1. The molecule has 0 amide bonds. The Labute approximate surface area is 140 Å². The molecule has 2 aromatic rings. The molecular weight excluding hydrogens is 334 g/mol. The minimum atomic E-state index is -3.63. The Bertz CT molecular complexity index is 767. The van der Waals surface area contributed by atoms with E-state index >= 15 is 0 Å². The first-order chi connectivity index (χ1) is 11.0. The SMILES string of the molecule is COc1ccc(S(=O)(=O)N[C@@H](c2cccs2)C2CC2)cc1OC. The highest BCUT2D eigenvalue weighted by Gasteiger charge is 2.36. The third-order valence-corrected chi connectivity index (χ3v) is 6.28. The van der Waals surface area contributed by atoms with Crippen LogP contribution in [-0.2, 0) is 10.0 Å². The minimum absolute atomic E-state index is 0.159. The number of nitrogens with one attached hydrogen (secondary N) is 1. The molecule has 1 aromatic carbocycles. The van der Waals surface area contributed by atoms with Crippen LogP contribution >= 0.6 is 11.3 Å². The van der Waals surface area contributed by atoms with Crippen molar-refractivity contribution < 1.29 is 17.9 Å². The lowest BCUT2D eigenvalue weighted by molar-refractivity contribution is 0.354. The first kappa shape index (κ1) is 16.3. The van der Waals surface area contributed by atoms with E-state index in [-0.39, 0.29) is 10.9 Å². The van der Waals surface area contributed by atoms with Gasteiger partial charge in [-0.2, -0.15) is 0 Å². The van der Waals surface area contributed by atoms with Crippen LogP contribution in [-0.4, -0.2) is 22.6 Å². The third kappa shape index (κ3) is 3.52. The summed E-state index contributed by atoms with van der Waals surface area (Å²) in [6, 6.07) is 8.38. The predicted octanol–water partition coefficient (Wildman–Crippen LogP) is 3.19. The quantitative estimate of drug-likeness (QED) is 0.830. The highest BCUT2D eigenvalue weighted by Crippen LogP contribution is 2.43. The number of rotatable bonds is 7. The van der Waals surface area contributed by atoms with Gasteiger partial charge in [0, 0.05) is 10.9 Å². The number of hydrogen-bond donors (Lipinski definition) is 1. The van der Waals surface area contributed by atoms with E-state index in [9.17, 15) is 8.42 Å². The van der Waals surface area contributed by atoms with Crippen molar-refractivity contribution >= 4 is 21.4 Å². The molecule has 7 heteroatoms. The number of hydrogen-bond acceptors (Lipinski definition) is 5. The Balaban J connectivity index is 1.89. The van der Waals surface area contributed by atoms with Crippen LogP contribution in [0.5, 0.6) is 11.5 Å². The van der Waals surface area contributed by atoms with Crippen molar-refractivity contribution in [3.8, 4) is 11.5 Å². The van der Waals surface area contributed by atoms with Crippen molar-refractivity contribution in [1.29, 1.82) is 0 Å². The van der Waals surface area contributed by atoms with Gasteiger partial charge < -0.3 is 9.47 Å². The smallest absolute Gasteiger partial charge is 0.241 e. The summed E-state index contributed by atoms with van der Waals surface area (Å²) in [4.78, 5) is 1.23. The molecule has 5 nitrogen and oxygen atoms in total. The van der Waals surface area contributed by atoms with E-state index in [1.807, 2.05) is 17.5 Å². The number of thiophene rings is 1. The zero-order valence-corrected chi connectivity index (χ0v) is 14.6. The molecule has 1 atom stereocenters. The second-order valence-electron chi connectivity index (χ2n) is 5.47. The standard InChI is InChI=1S/C16H19NO4S2/c1-20-13-8-7-12(10-14(13)21-2)23(18,19)17-16(11-5-6-11)15-4-3-9-22-15/h3-4,7-11,16-17H,5-6H2,1-2H3/t16-/m1/s1. The summed E-state index contributed by atoms with van der Waals surface area (Å²) in [5.41, 5.74) is 0. The number of benzene rings is 1. The van der Waals surface area contributed by atoms with Crippen LogP contribution in [0.1, 0.15) is 23.8 Å². The molecule has 23 heavy (non-hydrogen) atoms. The summed E-state index contributed by atoms with van der Waals surface area (Å²) in [7, 11) is -0.623. The van der Waals surface area contributed by atoms with Gasteiger partial charge in [0.2, 0.25) is 10.0 Å². The molecule has 1 heterocycles. The van der Waals surface area contributed by atoms with Gasteiger partial charge in [-0.05, 0) is 42.3 Å². The van der Waals surface area contributed by atoms with Crippen LogP contribution in [0.3, 0.4) is 0 Å². The monoisotopic (exact) mass is 353 g/mol. The second kappa shape index (κ2) is 6.51. The van der Waals surface area contributed by atoms with Gasteiger partial charge in [-0.15, -0.1) is 11.3 Å². The van der Waals surface area contributed by atoms with Crippen LogP contribution in [0.2, 0.25) is 0 Å². The van der Waals surface area contributed by atoms with Gasteiger partial charge in [0.05, 0.1) is 25.2 Å². The molecule has 0 aliphatic heterocycles. The van der Waals surface area contributed by atoms with Gasteiger partial charge in [0.25, 0.3) is 0 Å². The molecule has 0 bridgehead atoms. The van der Waals surface area contributed by atoms with Crippen LogP contribution in [0.15, 0.2) is 40.6 Å². The zero-order chi connectivity index (χ0) is 16.4. The van der Waals surface area contributed by atoms with Gasteiger partial charge in [-0.1, -0.05) is 6.07 Å². The van der Waals surface area contributed by atoms with Crippen molar-refractivity contribution in [3.05, 3.63) is 40.6 Å². The average molecular weight is 353 g/mol. The van der Waals surface area contributed by atoms with Gasteiger partial charge in [0.1, 0.15) is 0 Å². The lowest BCUT2D eigenvalue weighted by atomic mass is 10.2. The van der Waals surface area contributed by atoms with Crippen molar-refractivity contribution in [1.82, 2.24) is 4.72 Å². The Kier molecular flexibility index (Phi) is 4.61. The summed E-state index contributed by atoms with van der Waals surface area (Å²) in [5.74, 6) is 1.28. The molecule has 1 fully saturated rings. The molecule has 0 saturated heterocycles. The molecule has 1 aliphatic rings. The summed E-state index contributed by atoms with van der Waals surface area (Å²) >= 11 is 1.58. The molecule has 124 valence electrons. The van der Waals surface area contributed by atoms with E-state index in [4.69, 9.17) is 9.47 Å². The van der Waals surface area contributed by atoms with Crippen molar-refractivity contribution in [2.24, 2.45) is 5.92 Å². The molecule has 1 aromatic heterocycles. The lowest BCUT2D eigenvalue weighted by Gasteiger charge is -2.18. The molecule has 0 spiro atoms. The normalized spacial score (nSPS) is 16.1. The van der Waals surface area contributed by atoms with Gasteiger partial charge >= 0.3 is 0 Å². The van der Waals surface area contributed by atoms with Crippen molar-refractivity contribution in [3.63, 3.8) is 0 Å².